The van der Waals surface area contributed by atoms with Crippen LogP contribution in [0, 0.1) is 17.8 Å². The maximum Gasteiger partial charge on any atom is 0.0596 e. The Morgan fingerprint density at radius 1 is 1.00 bits per heavy atom. The van der Waals surface area contributed by atoms with Gasteiger partial charge in [0.15, 0.2) is 0 Å². The maximum atomic E-state index is 10.4. The Bertz CT molecular complexity index is 184. The number of hydrogen-bond acceptors (Lipinski definition) is 1. The van der Waals surface area contributed by atoms with Crippen molar-refractivity contribution in [3.63, 3.8) is 0 Å². The van der Waals surface area contributed by atoms with Crippen molar-refractivity contribution in [2.24, 2.45) is 17.8 Å². The Balaban J connectivity index is 1.85. The van der Waals surface area contributed by atoms with E-state index in [-0.39, 0.29) is 6.10 Å². The Labute approximate surface area is 94.3 Å². The van der Waals surface area contributed by atoms with E-state index in [2.05, 4.69) is 6.92 Å². The molecule has 15 heavy (non-hydrogen) atoms. The highest BCUT2D eigenvalue weighted by Crippen LogP contribution is 2.38. The van der Waals surface area contributed by atoms with Gasteiger partial charge in [-0.2, -0.15) is 0 Å². The zero-order valence-corrected chi connectivity index (χ0v) is 10.1. The standard InChI is InChI=1S/C14H26O/c1-2-11-6-5-9-13(10-11)14(15)12-7-3-4-8-12/h11-15H,2-10H2,1H3. The molecule has 2 rings (SSSR count). The van der Waals surface area contributed by atoms with Crippen LogP contribution in [0.4, 0.5) is 0 Å². The highest BCUT2D eigenvalue weighted by molar-refractivity contribution is 4.84. The minimum Gasteiger partial charge on any atom is -0.393 e. The molecule has 0 spiro atoms. The molecule has 2 aliphatic carbocycles. The molecule has 0 aliphatic heterocycles. The quantitative estimate of drug-likeness (QED) is 0.752. The van der Waals surface area contributed by atoms with Gasteiger partial charge in [-0.1, -0.05) is 39.0 Å². The summed E-state index contributed by atoms with van der Waals surface area (Å²) in [4.78, 5) is 0. The zero-order valence-electron chi connectivity index (χ0n) is 10.1. The van der Waals surface area contributed by atoms with E-state index in [4.69, 9.17) is 0 Å². The summed E-state index contributed by atoms with van der Waals surface area (Å²) < 4.78 is 0. The molecule has 2 fully saturated rings. The van der Waals surface area contributed by atoms with Crippen LogP contribution in [0.15, 0.2) is 0 Å². The Morgan fingerprint density at radius 2 is 1.67 bits per heavy atom. The third-order valence-electron chi connectivity index (χ3n) is 4.77. The summed E-state index contributed by atoms with van der Waals surface area (Å²) in [6.07, 6.45) is 12.0. The number of aliphatic hydroxyl groups excluding tert-OH is 1. The lowest BCUT2D eigenvalue weighted by molar-refractivity contribution is 0.0239. The Hall–Kier alpha value is -0.0400. The van der Waals surface area contributed by atoms with E-state index in [1.165, 1.54) is 57.8 Å². The normalized spacial score (nSPS) is 35.6. The van der Waals surface area contributed by atoms with Gasteiger partial charge >= 0.3 is 0 Å². The van der Waals surface area contributed by atoms with Crippen molar-refractivity contribution in [3.8, 4) is 0 Å². The molecule has 0 aromatic rings. The van der Waals surface area contributed by atoms with E-state index in [9.17, 15) is 5.11 Å². The zero-order chi connectivity index (χ0) is 10.7. The molecule has 0 heterocycles. The maximum absolute atomic E-state index is 10.4. The average Bonchev–Trinajstić information content (AvgIpc) is 2.81. The topological polar surface area (TPSA) is 20.2 Å². The fourth-order valence-corrected chi connectivity index (χ4v) is 3.70. The molecule has 0 bridgehead atoms. The van der Waals surface area contributed by atoms with Crippen LogP contribution in [0.1, 0.15) is 64.7 Å². The molecule has 1 N–H and O–H groups in total. The summed E-state index contributed by atoms with van der Waals surface area (Å²) in [6.45, 7) is 2.30. The second kappa shape index (κ2) is 5.34. The van der Waals surface area contributed by atoms with Gasteiger partial charge in [0.05, 0.1) is 6.10 Å². The fraction of sp³-hybridized carbons (Fsp3) is 1.00. The predicted octanol–water partition coefficient (Wildman–Crippen LogP) is 3.75. The molecule has 3 unspecified atom stereocenters. The number of hydrogen-bond donors (Lipinski definition) is 1. The van der Waals surface area contributed by atoms with Crippen molar-refractivity contribution in [2.75, 3.05) is 0 Å². The highest BCUT2D eigenvalue weighted by Gasteiger charge is 2.32. The van der Waals surface area contributed by atoms with Gasteiger partial charge in [-0.05, 0) is 43.4 Å². The molecule has 1 heteroatoms. The minimum atomic E-state index is 0.0295. The van der Waals surface area contributed by atoms with Crippen LogP contribution in [-0.4, -0.2) is 11.2 Å². The molecule has 0 amide bonds. The molecule has 2 aliphatic rings. The first-order valence-electron chi connectivity index (χ1n) is 6.99. The molecule has 0 radical (unpaired) electrons. The SMILES string of the molecule is CCC1CCCC(C(O)C2CCCC2)C1. The Morgan fingerprint density at radius 3 is 2.33 bits per heavy atom. The molecular weight excluding hydrogens is 184 g/mol. The summed E-state index contributed by atoms with van der Waals surface area (Å²) in [7, 11) is 0. The number of rotatable bonds is 3. The molecule has 1 nitrogen and oxygen atoms in total. The Kier molecular flexibility index (Phi) is 4.07. The van der Waals surface area contributed by atoms with Gasteiger partial charge in [-0.15, -0.1) is 0 Å². The van der Waals surface area contributed by atoms with Crippen molar-refractivity contribution >= 4 is 0 Å². The fourth-order valence-electron chi connectivity index (χ4n) is 3.70. The van der Waals surface area contributed by atoms with Crippen LogP contribution in [0.5, 0.6) is 0 Å². The predicted molar refractivity (Wildman–Crippen MR) is 63.7 cm³/mol. The van der Waals surface area contributed by atoms with Crippen molar-refractivity contribution in [3.05, 3.63) is 0 Å². The van der Waals surface area contributed by atoms with Gasteiger partial charge < -0.3 is 5.11 Å². The van der Waals surface area contributed by atoms with Crippen LogP contribution < -0.4 is 0 Å². The van der Waals surface area contributed by atoms with E-state index < -0.39 is 0 Å². The molecular formula is C14H26O. The summed E-state index contributed by atoms with van der Waals surface area (Å²) in [6, 6.07) is 0. The van der Waals surface area contributed by atoms with Crippen LogP contribution in [0.3, 0.4) is 0 Å². The van der Waals surface area contributed by atoms with Gasteiger partial charge in [0.1, 0.15) is 0 Å². The molecule has 88 valence electrons. The summed E-state index contributed by atoms with van der Waals surface area (Å²) in [5.41, 5.74) is 0. The van der Waals surface area contributed by atoms with Gasteiger partial charge in [-0.3, -0.25) is 0 Å². The van der Waals surface area contributed by atoms with E-state index >= 15 is 0 Å². The summed E-state index contributed by atoms with van der Waals surface area (Å²) in [5, 5.41) is 10.4. The third-order valence-corrected chi connectivity index (χ3v) is 4.77. The van der Waals surface area contributed by atoms with Gasteiger partial charge in [0.25, 0.3) is 0 Å². The van der Waals surface area contributed by atoms with Crippen molar-refractivity contribution < 1.29 is 5.11 Å². The molecule has 3 atom stereocenters. The monoisotopic (exact) mass is 210 g/mol. The van der Waals surface area contributed by atoms with Crippen molar-refractivity contribution in [1.82, 2.24) is 0 Å². The van der Waals surface area contributed by atoms with E-state index in [0.717, 1.165) is 5.92 Å². The second-order valence-electron chi connectivity index (χ2n) is 5.74. The van der Waals surface area contributed by atoms with E-state index in [0.29, 0.717) is 11.8 Å². The molecule has 0 aromatic heterocycles. The van der Waals surface area contributed by atoms with Crippen molar-refractivity contribution in [2.45, 2.75) is 70.8 Å². The van der Waals surface area contributed by atoms with Gasteiger partial charge in [0.2, 0.25) is 0 Å². The smallest absolute Gasteiger partial charge is 0.0596 e. The van der Waals surface area contributed by atoms with Gasteiger partial charge in [0, 0.05) is 0 Å². The second-order valence-corrected chi connectivity index (χ2v) is 5.74. The van der Waals surface area contributed by atoms with Crippen LogP contribution >= 0.6 is 0 Å². The summed E-state index contributed by atoms with van der Waals surface area (Å²) in [5.74, 6) is 2.18. The van der Waals surface area contributed by atoms with Crippen molar-refractivity contribution in [1.29, 1.82) is 0 Å². The lowest BCUT2D eigenvalue weighted by atomic mass is 9.74. The van der Waals surface area contributed by atoms with Crippen LogP contribution in [-0.2, 0) is 0 Å². The molecule has 0 saturated heterocycles. The third kappa shape index (κ3) is 2.75. The molecule has 0 aromatic carbocycles. The lowest BCUT2D eigenvalue weighted by Crippen LogP contribution is -2.31. The van der Waals surface area contributed by atoms with Crippen LogP contribution in [0.25, 0.3) is 0 Å². The number of aliphatic hydroxyl groups is 1. The minimum absolute atomic E-state index is 0.0295. The van der Waals surface area contributed by atoms with E-state index in [1.54, 1.807) is 0 Å². The van der Waals surface area contributed by atoms with E-state index in [1.807, 2.05) is 0 Å². The first-order valence-corrected chi connectivity index (χ1v) is 6.99. The highest BCUT2D eigenvalue weighted by atomic mass is 16.3. The first kappa shape index (κ1) is 11.4. The van der Waals surface area contributed by atoms with Crippen LogP contribution in [0.2, 0.25) is 0 Å². The lowest BCUT2D eigenvalue weighted by Gasteiger charge is -2.34. The molecule has 2 saturated carbocycles. The van der Waals surface area contributed by atoms with Gasteiger partial charge in [-0.25, -0.2) is 0 Å². The largest absolute Gasteiger partial charge is 0.393 e. The first-order chi connectivity index (χ1) is 7.31. The summed E-state index contributed by atoms with van der Waals surface area (Å²) >= 11 is 0. The average molecular weight is 210 g/mol.